The normalized spacial score (nSPS) is 12.7. The highest BCUT2D eigenvalue weighted by Crippen LogP contribution is 2.34. The van der Waals surface area contributed by atoms with Gasteiger partial charge in [0.1, 0.15) is 5.82 Å². The van der Waals surface area contributed by atoms with E-state index in [1.807, 2.05) is 0 Å². The van der Waals surface area contributed by atoms with Gasteiger partial charge in [0, 0.05) is 12.4 Å². The molecule has 35 heavy (non-hydrogen) atoms. The van der Waals surface area contributed by atoms with Gasteiger partial charge in [0.05, 0.1) is 29.2 Å². The van der Waals surface area contributed by atoms with E-state index >= 15 is 0 Å². The van der Waals surface area contributed by atoms with Crippen LogP contribution in [0.1, 0.15) is 31.0 Å². The molecule has 0 aliphatic heterocycles. The van der Waals surface area contributed by atoms with Gasteiger partial charge in [0.2, 0.25) is 6.41 Å². The fourth-order valence-corrected chi connectivity index (χ4v) is 4.93. The molecule has 0 saturated heterocycles. The van der Waals surface area contributed by atoms with Crippen molar-refractivity contribution in [1.82, 2.24) is 4.57 Å². The van der Waals surface area contributed by atoms with Gasteiger partial charge in [-0.1, -0.05) is 12.1 Å². The van der Waals surface area contributed by atoms with E-state index in [0.29, 0.717) is 17.5 Å². The molecule has 0 unspecified atom stereocenters. The summed E-state index contributed by atoms with van der Waals surface area (Å²) in [6.07, 6.45) is -0.00856. The monoisotopic (exact) mass is 508 g/mol. The fraction of sp³-hybridized carbons (Fsp3) is 0.333. The largest absolute Gasteiger partial charge is 0.462 e. The van der Waals surface area contributed by atoms with Crippen LogP contribution < -0.4 is 4.90 Å². The van der Waals surface area contributed by atoms with Crippen LogP contribution in [0, 0.1) is 18.6 Å². The Labute approximate surface area is 201 Å². The van der Waals surface area contributed by atoms with Gasteiger partial charge < -0.3 is 14.4 Å². The zero-order valence-corrected chi connectivity index (χ0v) is 20.5. The number of aryl methyl sites for hydroxylation is 2. The number of carbonyl (C=O) groups excluding carboxylic acids is 2. The molecule has 2 aromatic carbocycles. The number of ether oxygens (including phenoxy) is 1. The molecular weight excluding hydrogens is 482 g/mol. The molecule has 0 bridgehead atoms. The summed E-state index contributed by atoms with van der Waals surface area (Å²) in [6, 6.07) is 7.15. The SMILES string of the molecule is Cc1cc2c(cc(N(C=O)[C@H](CO)c3ccc(S(=O)(=O)CC(=O)OC(C)C)cc3)n2C)c(F)c1F. The first-order chi connectivity index (χ1) is 16.4. The Bertz CT molecular complexity index is 1370. The molecule has 1 atom stereocenters. The molecule has 11 heteroatoms. The summed E-state index contributed by atoms with van der Waals surface area (Å²) < 4.78 is 60.0. The number of halogens is 2. The summed E-state index contributed by atoms with van der Waals surface area (Å²) in [6.45, 7) is 4.10. The fourth-order valence-electron chi connectivity index (χ4n) is 3.84. The van der Waals surface area contributed by atoms with Crippen molar-refractivity contribution in [2.75, 3.05) is 17.3 Å². The molecule has 0 aliphatic rings. The number of esters is 1. The van der Waals surface area contributed by atoms with Crippen molar-refractivity contribution in [2.24, 2.45) is 7.05 Å². The van der Waals surface area contributed by atoms with E-state index in [4.69, 9.17) is 4.74 Å². The van der Waals surface area contributed by atoms with Crippen LogP contribution in [0.15, 0.2) is 41.3 Å². The minimum Gasteiger partial charge on any atom is -0.462 e. The second kappa shape index (κ2) is 10.1. The highest BCUT2D eigenvalue weighted by Gasteiger charge is 2.26. The van der Waals surface area contributed by atoms with Crippen LogP contribution in [0.5, 0.6) is 0 Å². The van der Waals surface area contributed by atoms with E-state index < -0.39 is 51.9 Å². The van der Waals surface area contributed by atoms with Gasteiger partial charge in [-0.25, -0.2) is 17.2 Å². The van der Waals surface area contributed by atoms with Crippen molar-refractivity contribution in [3.05, 3.63) is 59.2 Å². The van der Waals surface area contributed by atoms with Gasteiger partial charge in [-0.15, -0.1) is 0 Å². The lowest BCUT2D eigenvalue weighted by Gasteiger charge is -2.27. The molecule has 0 fully saturated rings. The van der Waals surface area contributed by atoms with Crippen molar-refractivity contribution in [3.8, 4) is 0 Å². The first-order valence-electron chi connectivity index (χ1n) is 10.7. The summed E-state index contributed by atoms with van der Waals surface area (Å²) in [7, 11) is -2.40. The molecule has 1 amide bonds. The van der Waals surface area contributed by atoms with Crippen LogP contribution in [0.3, 0.4) is 0 Å². The van der Waals surface area contributed by atoms with E-state index in [0.717, 1.165) is 4.90 Å². The summed E-state index contributed by atoms with van der Waals surface area (Å²) in [5.41, 5.74) is 0.847. The first kappa shape index (κ1) is 26.3. The first-order valence-corrected chi connectivity index (χ1v) is 12.4. The highest BCUT2D eigenvalue weighted by atomic mass is 32.2. The Hall–Kier alpha value is -3.31. The molecule has 0 spiro atoms. The molecule has 188 valence electrons. The van der Waals surface area contributed by atoms with Crippen molar-refractivity contribution in [3.63, 3.8) is 0 Å². The summed E-state index contributed by atoms with van der Waals surface area (Å²) in [4.78, 5) is 24.9. The molecule has 1 heterocycles. The average molecular weight is 509 g/mol. The number of aliphatic hydroxyl groups excluding tert-OH is 1. The van der Waals surface area contributed by atoms with E-state index in [9.17, 15) is 31.9 Å². The van der Waals surface area contributed by atoms with Gasteiger partial charge in [0.25, 0.3) is 0 Å². The number of amides is 1. The number of benzene rings is 2. The number of nitrogens with zero attached hydrogens (tertiary/aromatic N) is 2. The van der Waals surface area contributed by atoms with E-state index in [2.05, 4.69) is 0 Å². The third kappa shape index (κ3) is 5.20. The summed E-state index contributed by atoms with van der Waals surface area (Å²) >= 11 is 0. The number of anilines is 1. The zero-order valence-electron chi connectivity index (χ0n) is 19.7. The third-order valence-corrected chi connectivity index (χ3v) is 7.17. The molecule has 0 radical (unpaired) electrons. The maximum atomic E-state index is 14.5. The van der Waals surface area contributed by atoms with Crippen LogP contribution >= 0.6 is 0 Å². The maximum absolute atomic E-state index is 14.5. The Morgan fingerprint density at radius 3 is 2.34 bits per heavy atom. The van der Waals surface area contributed by atoms with E-state index in [1.54, 1.807) is 20.9 Å². The number of carbonyl (C=O) groups is 2. The van der Waals surface area contributed by atoms with E-state index in [1.165, 1.54) is 47.9 Å². The smallest absolute Gasteiger partial charge is 0.321 e. The molecule has 3 aromatic rings. The molecule has 3 rings (SSSR count). The quantitative estimate of drug-likeness (QED) is 0.352. The number of aromatic nitrogens is 1. The number of rotatable bonds is 9. The second-order valence-corrected chi connectivity index (χ2v) is 10.4. The minimum atomic E-state index is -3.97. The van der Waals surface area contributed by atoms with Crippen molar-refractivity contribution in [2.45, 2.75) is 37.8 Å². The Kier molecular flexibility index (Phi) is 7.61. The lowest BCUT2D eigenvalue weighted by atomic mass is 10.1. The number of fused-ring (bicyclic) bond motifs is 1. The van der Waals surface area contributed by atoms with Gasteiger partial charge in [0.15, 0.2) is 27.2 Å². The molecule has 0 saturated carbocycles. The zero-order chi connectivity index (χ0) is 26.1. The third-order valence-electron chi connectivity index (χ3n) is 5.57. The Balaban J connectivity index is 1.96. The summed E-state index contributed by atoms with van der Waals surface area (Å²) in [5, 5.41) is 10.0. The van der Waals surface area contributed by atoms with E-state index in [-0.39, 0.29) is 21.7 Å². The van der Waals surface area contributed by atoms with Crippen molar-refractivity contribution in [1.29, 1.82) is 0 Å². The predicted octanol–water partition coefficient (Wildman–Crippen LogP) is 3.19. The standard InChI is InChI=1S/C24H26F2N2O6S/c1-14(2)34-22(31)12-35(32,33)17-7-5-16(6-8-17)20(11-29)28(13-30)21-10-18-19(27(21)4)9-15(3)23(25)24(18)26/h5-10,13-14,20,29H,11-12H2,1-4H3/t20-/m1/s1. The van der Waals surface area contributed by atoms with Crippen molar-refractivity contribution < 1.29 is 36.6 Å². The number of hydrogen-bond donors (Lipinski definition) is 1. The molecule has 8 nitrogen and oxygen atoms in total. The molecule has 1 aromatic heterocycles. The number of aliphatic hydroxyl groups is 1. The number of hydrogen-bond acceptors (Lipinski definition) is 6. The topological polar surface area (TPSA) is 106 Å². The van der Waals surface area contributed by atoms with Crippen LogP contribution in [0.2, 0.25) is 0 Å². The highest BCUT2D eigenvalue weighted by molar-refractivity contribution is 7.92. The maximum Gasteiger partial charge on any atom is 0.321 e. The van der Waals surface area contributed by atoms with Gasteiger partial charge >= 0.3 is 5.97 Å². The summed E-state index contributed by atoms with van der Waals surface area (Å²) in [5.74, 6) is -3.53. The van der Waals surface area contributed by atoms with Crippen LogP contribution in [-0.4, -0.2) is 48.9 Å². The number of sulfone groups is 1. The Morgan fingerprint density at radius 2 is 1.80 bits per heavy atom. The van der Waals surface area contributed by atoms with Crippen LogP contribution in [-0.2, 0) is 31.2 Å². The predicted molar refractivity (Wildman–Crippen MR) is 126 cm³/mol. The molecule has 1 N–H and O–H groups in total. The average Bonchev–Trinajstić information content (AvgIpc) is 3.11. The Morgan fingerprint density at radius 1 is 1.17 bits per heavy atom. The van der Waals surface area contributed by atoms with Crippen LogP contribution in [0.4, 0.5) is 14.6 Å². The van der Waals surface area contributed by atoms with Crippen LogP contribution in [0.25, 0.3) is 10.9 Å². The molecular formula is C24H26F2N2O6S. The minimum absolute atomic E-state index is 0.0242. The van der Waals surface area contributed by atoms with Crippen molar-refractivity contribution >= 4 is 38.9 Å². The lowest BCUT2D eigenvalue weighted by molar-refractivity contribution is -0.144. The van der Waals surface area contributed by atoms with Gasteiger partial charge in [-0.05, 0) is 56.2 Å². The van der Waals surface area contributed by atoms with Gasteiger partial charge in [-0.3, -0.25) is 14.5 Å². The lowest BCUT2D eigenvalue weighted by Crippen LogP contribution is -2.31. The van der Waals surface area contributed by atoms with Gasteiger partial charge in [-0.2, -0.15) is 0 Å². The second-order valence-electron chi connectivity index (χ2n) is 8.39. The molecule has 0 aliphatic carbocycles.